The summed E-state index contributed by atoms with van der Waals surface area (Å²) in [5, 5.41) is 4.68. The minimum Gasteiger partial charge on any atom is -0.458 e. The van der Waals surface area contributed by atoms with Gasteiger partial charge in [0.15, 0.2) is 0 Å². The molecule has 0 aliphatic heterocycles. The van der Waals surface area contributed by atoms with Crippen molar-refractivity contribution in [3.05, 3.63) is 33.1 Å². The van der Waals surface area contributed by atoms with Gasteiger partial charge in [-0.2, -0.15) is 0 Å². The van der Waals surface area contributed by atoms with Crippen LogP contribution in [0.25, 0.3) is 11.0 Å². The first kappa shape index (κ1) is 12.9. The molecule has 2 nitrogen and oxygen atoms in total. The number of nitrogens with one attached hydrogen (secondary N) is 1. The molecular formula is C14H18INO. The van der Waals surface area contributed by atoms with Crippen LogP contribution in [0.5, 0.6) is 0 Å². The summed E-state index contributed by atoms with van der Waals surface area (Å²) in [7, 11) is 0. The van der Waals surface area contributed by atoms with Crippen molar-refractivity contribution in [2.24, 2.45) is 0 Å². The normalized spacial score (nSPS) is 11.2. The van der Waals surface area contributed by atoms with Gasteiger partial charge < -0.3 is 9.73 Å². The Balaban J connectivity index is 2.38. The van der Waals surface area contributed by atoms with E-state index in [2.05, 4.69) is 60.0 Å². The Bertz CT molecular complexity index is 504. The van der Waals surface area contributed by atoms with Gasteiger partial charge in [0.25, 0.3) is 0 Å². The van der Waals surface area contributed by atoms with Crippen LogP contribution in [0.2, 0.25) is 0 Å². The van der Waals surface area contributed by atoms with E-state index in [9.17, 15) is 0 Å². The first-order chi connectivity index (χ1) is 8.27. The second-order valence-electron chi connectivity index (χ2n) is 4.15. The van der Waals surface area contributed by atoms with E-state index in [1.54, 1.807) is 0 Å². The van der Waals surface area contributed by atoms with Gasteiger partial charge in [0.05, 0.1) is 10.1 Å². The summed E-state index contributed by atoms with van der Waals surface area (Å²) in [4.78, 5) is 0. The lowest BCUT2D eigenvalue weighted by Crippen LogP contribution is -2.14. The van der Waals surface area contributed by atoms with E-state index < -0.39 is 0 Å². The summed E-state index contributed by atoms with van der Waals surface area (Å²) in [6.45, 7) is 6.24. The molecule has 0 fully saturated rings. The molecule has 1 N–H and O–H groups in total. The third kappa shape index (κ3) is 2.65. The fraction of sp³-hybridized carbons (Fsp3) is 0.429. The zero-order valence-corrected chi connectivity index (χ0v) is 12.5. The van der Waals surface area contributed by atoms with Gasteiger partial charge in [0, 0.05) is 10.9 Å². The van der Waals surface area contributed by atoms with Crippen molar-refractivity contribution in [1.29, 1.82) is 0 Å². The van der Waals surface area contributed by atoms with Crippen molar-refractivity contribution < 1.29 is 4.42 Å². The Morgan fingerprint density at radius 3 is 2.82 bits per heavy atom. The minimum absolute atomic E-state index is 0.835. The fourth-order valence-electron chi connectivity index (χ4n) is 2.09. The highest BCUT2D eigenvalue weighted by molar-refractivity contribution is 14.1. The molecule has 0 radical (unpaired) electrons. The minimum atomic E-state index is 0.835. The van der Waals surface area contributed by atoms with Gasteiger partial charge in [0.1, 0.15) is 11.3 Å². The number of furan rings is 1. The van der Waals surface area contributed by atoms with Gasteiger partial charge in [0.2, 0.25) is 0 Å². The first-order valence-corrected chi connectivity index (χ1v) is 7.25. The number of benzene rings is 1. The predicted molar refractivity (Wildman–Crippen MR) is 80.3 cm³/mol. The molecule has 2 rings (SSSR count). The molecule has 2 aromatic rings. The largest absolute Gasteiger partial charge is 0.458 e. The number of rotatable bonds is 5. The standard InChI is InChI=1S/C14H18INO/c1-3-8-16-9-13-10(4-2)11-6-5-7-12(15)14(11)17-13/h5-7,16H,3-4,8-9H2,1-2H3. The zero-order valence-electron chi connectivity index (χ0n) is 10.3. The molecule has 1 heterocycles. The van der Waals surface area contributed by atoms with Crippen LogP contribution in [0.1, 0.15) is 31.6 Å². The lowest BCUT2D eigenvalue weighted by molar-refractivity contribution is 0.507. The van der Waals surface area contributed by atoms with Crippen LogP contribution < -0.4 is 5.32 Å². The number of hydrogen-bond acceptors (Lipinski definition) is 2. The Kier molecular flexibility index (Phi) is 4.45. The maximum atomic E-state index is 6.00. The van der Waals surface area contributed by atoms with Crippen LogP contribution in [0.4, 0.5) is 0 Å². The second kappa shape index (κ2) is 5.87. The lowest BCUT2D eigenvalue weighted by atomic mass is 10.1. The number of para-hydroxylation sites is 1. The van der Waals surface area contributed by atoms with Gasteiger partial charge >= 0.3 is 0 Å². The van der Waals surface area contributed by atoms with Crippen molar-refractivity contribution >= 4 is 33.6 Å². The molecule has 0 aliphatic rings. The number of hydrogen-bond donors (Lipinski definition) is 1. The summed E-state index contributed by atoms with van der Waals surface area (Å²) in [6, 6.07) is 6.35. The maximum Gasteiger partial charge on any atom is 0.147 e. The second-order valence-corrected chi connectivity index (χ2v) is 5.31. The molecule has 0 aliphatic carbocycles. The third-order valence-electron chi connectivity index (χ3n) is 2.92. The monoisotopic (exact) mass is 343 g/mol. The number of halogens is 1. The average molecular weight is 343 g/mol. The molecule has 1 aromatic heterocycles. The Morgan fingerprint density at radius 2 is 2.12 bits per heavy atom. The molecule has 3 heteroatoms. The van der Waals surface area contributed by atoms with Crippen molar-refractivity contribution in [1.82, 2.24) is 5.32 Å². The van der Waals surface area contributed by atoms with E-state index in [0.717, 1.165) is 37.3 Å². The van der Waals surface area contributed by atoms with E-state index in [-0.39, 0.29) is 0 Å². The summed E-state index contributed by atoms with van der Waals surface area (Å²) >= 11 is 2.34. The lowest BCUT2D eigenvalue weighted by Gasteiger charge is -2.01. The van der Waals surface area contributed by atoms with E-state index in [4.69, 9.17) is 4.42 Å². The van der Waals surface area contributed by atoms with Crippen LogP contribution >= 0.6 is 22.6 Å². The Labute approximate surface area is 116 Å². The highest BCUT2D eigenvalue weighted by atomic mass is 127. The van der Waals surface area contributed by atoms with E-state index in [1.807, 2.05) is 0 Å². The van der Waals surface area contributed by atoms with Crippen LogP contribution in [0.15, 0.2) is 22.6 Å². The molecule has 17 heavy (non-hydrogen) atoms. The Morgan fingerprint density at radius 1 is 1.29 bits per heavy atom. The molecule has 0 saturated heterocycles. The maximum absolute atomic E-state index is 6.00. The van der Waals surface area contributed by atoms with Crippen LogP contribution in [0, 0.1) is 3.57 Å². The molecule has 92 valence electrons. The summed E-state index contributed by atoms with van der Waals surface area (Å²) in [5.41, 5.74) is 2.39. The topological polar surface area (TPSA) is 25.2 Å². The smallest absolute Gasteiger partial charge is 0.147 e. The number of fused-ring (bicyclic) bond motifs is 1. The molecular weight excluding hydrogens is 325 g/mol. The van der Waals surface area contributed by atoms with Gasteiger partial charge in [-0.25, -0.2) is 0 Å². The van der Waals surface area contributed by atoms with Crippen LogP contribution in [-0.2, 0) is 13.0 Å². The van der Waals surface area contributed by atoms with Crippen LogP contribution in [0.3, 0.4) is 0 Å². The molecule has 0 unspecified atom stereocenters. The highest BCUT2D eigenvalue weighted by Crippen LogP contribution is 2.29. The molecule has 0 atom stereocenters. The predicted octanol–water partition coefficient (Wildman–Crippen LogP) is 4.10. The third-order valence-corrected chi connectivity index (χ3v) is 3.77. The fourth-order valence-corrected chi connectivity index (χ4v) is 2.70. The van der Waals surface area contributed by atoms with Crippen molar-refractivity contribution in [3.63, 3.8) is 0 Å². The quantitative estimate of drug-likeness (QED) is 0.653. The average Bonchev–Trinajstić information content (AvgIpc) is 2.69. The van der Waals surface area contributed by atoms with Gasteiger partial charge in [-0.3, -0.25) is 0 Å². The highest BCUT2D eigenvalue weighted by Gasteiger charge is 2.13. The van der Waals surface area contributed by atoms with Crippen LogP contribution in [-0.4, -0.2) is 6.54 Å². The van der Waals surface area contributed by atoms with Gasteiger partial charge in [-0.15, -0.1) is 0 Å². The van der Waals surface area contributed by atoms with Gasteiger partial charge in [-0.05, 0) is 48.0 Å². The molecule has 0 saturated carbocycles. The zero-order chi connectivity index (χ0) is 12.3. The van der Waals surface area contributed by atoms with Crippen molar-refractivity contribution in [2.75, 3.05) is 6.54 Å². The molecule has 1 aromatic carbocycles. The van der Waals surface area contributed by atoms with Crippen molar-refractivity contribution in [2.45, 2.75) is 33.2 Å². The van der Waals surface area contributed by atoms with E-state index in [1.165, 1.54) is 14.5 Å². The van der Waals surface area contributed by atoms with Crippen molar-refractivity contribution in [3.8, 4) is 0 Å². The molecule has 0 bridgehead atoms. The number of aryl methyl sites for hydroxylation is 1. The summed E-state index contributed by atoms with van der Waals surface area (Å²) in [6.07, 6.45) is 2.18. The molecule has 0 spiro atoms. The first-order valence-electron chi connectivity index (χ1n) is 6.17. The SMILES string of the molecule is CCCNCc1oc2c(I)cccc2c1CC. The van der Waals surface area contributed by atoms with Gasteiger partial charge in [-0.1, -0.05) is 26.0 Å². The Hall–Kier alpha value is -0.550. The molecule has 0 amide bonds. The summed E-state index contributed by atoms with van der Waals surface area (Å²) < 4.78 is 7.19. The van der Waals surface area contributed by atoms with E-state index >= 15 is 0 Å². The van der Waals surface area contributed by atoms with E-state index in [0.29, 0.717) is 0 Å². The summed E-state index contributed by atoms with van der Waals surface area (Å²) in [5.74, 6) is 1.10.